The summed E-state index contributed by atoms with van der Waals surface area (Å²) in [5, 5.41) is 3.46. The molecule has 2 atom stereocenters. The maximum Gasteiger partial charge on any atom is 0.262 e. The van der Waals surface area contributed by atoms with Gasteiger partial charge < -0.3 is 9.88 Å². The molecule has 0 amide bonds. The molecule has 0 radical (unpaired) electrons. The van der Waals surface area contributed by atoms with Gasteiger partial charge in [0.1, 0.15) is 0 Å². The molecule has 1 aromatic heterocycles. The van der Waals surface area contributed by atoms with Crippen molar-refractivity contribution in [1.29, 1.82) is 0 Å². The largest absolute Gasteiger partial charge is 0.339 e. The molecule has 1 aromatic rings. The summed E-state index contributed by atoms with van der Waals surface area (Å²) in [5.41, 5.74) is 0. The molecule has 2 fully saturated rings. The average Bonchev–Trinajstić information content (AvgIpc) is 2.89. The lowest BCUT2D eigenvalue weighted by atomic mass is 10.0. The molecule has 0 unspecified atom stereocenters. The number of rotatable bonds is 2. The topological polar surface area (TPSA) is 67.2 Å². The summed E-state index contributed by atoms with van der Waals surface area (Å²) in [7, 11) is -1.61. The van der Waals surface area contributed by atoms with Gasteiger partial charge in [0.15, 0.2) is 5.03 Å². The van der Waals surface area contributed by atoms with Gasteiger partial charge in [0, 0.05) is 26.3 Å². The number of imidazole rings is 1. The van der Waals surface area contributed by atoms with E-state index in [-0.39, 0.29) is 17.4 Å². The fourth-order valence-corrected chi connectivity index (χ4v) is 4.18. The van der Waals surface area contributed by atoms with Crippen LogP contribution in [0.1, 0.15) is 0 Å². The summed E-state index contributed by atoms with van der Waals surface area (Å²) in [5.74, 6) is 0.932. The van der Waals surface area contributed by atoms with Crippen LogP contribution in [0.2, 0.25) is 0 Å². The molecule has 2 aliphatic rings. The predicted octanol–water partition coefficient (Wildman–Crippen LogP) is -0.318. The summed E-state index contributed by atoms with van der Waals surface area (Å²) < 4.78 is 27.9. The molecule has 0 spiro atoms. The zero-order valence-electron chi connectivity index (χ0n) is 10.1. The normalized spacial score (nSPS) is 28.1. The molecule has 0 aromatic carbocycles. The molecule has 3 heterocycles. The first-order chi connectivity index (χ1) is 8.07. The number of aromatic nitrogens is 2. The van der Waals surface area contributed by atoms with Crippen LogP contribution in [0, 0.1) is 11.8 Å². The zero-order chi connectivity index (χ0) is 12.0. The number of fused-ring (bicyclic) bond motifs is 1. The second-order valence-corrected chi connectivity index (χ2v) is 6.76. The SMILES string of the molecule is Cl.Cn1cnc(S(=O)(=O)N2C[C@H]3CNC[C@H]3C2)c1. The molecule has 0 aliphatic carbocycles. The van der Waals surface area contributed by atoms with Crippen LogP contribution in [-0.2, 0) is 17.1 Å². The number of nitrogens with zero attached hydrogens (tertiary/aromatic N) is 3. The second kappa shape index (κ2) is 4.80. The molecule has 1 N–H and O–H groups in total. The summed E-state index contributed by atoms with van der Waals surface area (Å²) in [6.45, 7) is 3.10. The van der Waals surface area contributed by atoms with Crippen molar-refractivity contribution in [3.05, 3.63) is 12.5 Å². The van der Waals surface area contributed by atoms with E-state index in [1.54, 1.807) is 22.1 Å². The van der Waals surface area contributed by atoms with Crippen molar-refractivity contribution in [1.82, 2.24) is 19.2 Å². The summed E-state index contributed by atoms with van der Waals surface area (Å²) in [4.78, 5) is 3.94. The molecular weight excluding hydrogens is 276 g/mol. The monoisotopic (exact) mass is 292 g/mol. The van der Waals surface area contributed by atoms with E-state index in [2.05, 4.69) is 10.3 Å². The van der Waals surface area contributed by atoms with Crippen LogP contribution in [0.4, 0.5) is 0 Å². The predicted molar refractivity (Wildman–Crippen MR) is 69.1 cm³/mol. The standard InChI is InChI=1S/C10H16N4O2S.ClH/c1-13-6-10(12-7-13)17(15,16)14-4-8-2-11-3-9(8)5-14;/h6-9,11H,2-5H2,1H3;1H/t8-,9+;. The lowest BCUT2D eigenvalue weighted by Gasteiger charge is -2.15. The highest BCUT2D eigenvalue weighted by Gasteiger charge is 2.42. The molecule has 18 heavy (non-hydrogen) atoms. The van der Waals surface area contributed by atoms with E-state index >= 15 is 0 Å². The Labute approximate surface area is 113 Å². The van der Waals surface area contributed by atoms with Crippen molar-refractivity contribution >= 4 is 22.4 Å². The molecule has 6 nitrogen and oxygen atoms in total. The van der Waals surface area contributed by atoms with Crippen LogP contribution in [-0.4, -0.2) is 48.5 Å². The summed E-state index contributed by atoms with van der Waals surface area (Å²) in [6, 6.07) is 0. The molecule has 8 heteroatoms. The van der Waals surface area contributed by atoms with E-state index < -0.39 is 10.0 Å². The Morgan fingerprint density at radius 3 is 2.44 bits per heavy atom. The van der Waals surface area contributed by atoms with Crippen molar-refractivity contribution in [2.75, 3.05) is 26.2 Å². The molecular formula is C10H17ClN4O2S. The summed E-state index contributed by atoms with van der Waals surface area (Å²) in [6.07, 6.45) is 3.08. The van der Waals surface area contributed by atoms with E-state index in [1.165, 1.54) is 6.33 Å². The van der Waals surface area contributed by atoms with Gasteiger partial charge in [0.05, 0.1) is 6.33 Å². The van der Waals surface area contributed by atoms with E-state index in [9.17, 15) is 8.42 Å². The fraction of sp³-hybridized carbons (Fsp3) is 0.700. The Hall–Kier alpha value is -0.630. The van der Waals surface area contributed by atoms with Gasteiger partial charge in [-0.3, -0.25) is 0 Å². The highest BCUT2D eigenvalue weighted by Crippen LogP contribution is 2.30. The highest BCUT2D eigenvalue weighted by atomic mass is 35.5. The van der Waals surface area contributed by atoms with Crippen LogP contribution in [0.3, 0.4) is 0 Å². The lowest BCUT2D eigenvalue weighted by molar-refractivity contribution is 0.446. The van der Waals surface area contributed by atoms with Crippen molar-refractivity contribution in [2.24, 2.45) is 18.9 Å². The Morgan fingerprint density at radius 2 is 1.94 bits per heavy atom. The van der Waals surface area contributed by atoms with Gasteiger partial charge in [-0.25, -0.2) is 13.4 Å². The number of hydrogen-bond donors (Lipinski definition) is 1. The number of sulfonamides is 1. The van der Waals surface area contributed by atoms with Crippen LogP contribution in [0.15, 0.2) is 17.6 Å². The van der Waals surface area contributed by atoms with Crippen LogP contribution in [0.5, 0.6) is 0 Å². The maximum atomic E-state index is 12.3. The van der Waals surface area contributed by atoms with E-state index in [0.29, 0.717) is 24.9 Å². The third-order valence-electron chi connectivity index (χ3n) is 3.64. The van der Waals surface area contributed by atoms with Crippen LogP contribution >= 0.6 is 12.4 Å². The minimum Gasteiger partial charge on any atom is -0.339 e. The quantitative estimate of drug-likeness (QED) is 0.811. The van der Waals surface area contributed by atoms with E-state index in [0.717, 1.165) is 13.1 Å². The Bertz CT molecular complexity index is 518. The highest BCUT2D eigenvalue weighted by molar-refractivity contribution is 7.89. The van der Waals surface area contributed by atoms with Crippen LogP contribution < -0.4 is 5.32 Å². The van der Waals surface area contributed by atoms with Gasteiger partial charge >= 0.3 is 0 Å². The third-order valence-corrected chi connectivity index (χ3v) is 5.36. The van der Waals surface area contributed by atoms with Gasteiger partial charge in [-0.05, 0) is 24.9 Å². The Morgan fingerprint density at radius 1 is 1.33 bits per heavy atom. The number of hydrogen-bond acceptors (Lipinski definition) is 4. The molecule has 2 saturated heterocycles. The minimum absolute atomic E-state index is 0. The van der Waals surface area contributed by atoms with Crippen molar-refractivity contribution in [3.63, 3.8) is 0 Å². The summed E-state index contributed by atoms with van der Waals surface area (Å²) >= 11 is 0. The molecule has 2 aliphatic heterocycles. The third kappa shape index (κ3) is 2.16. The van der Waals surface area contributed by atoms with Crippen LogP contribution in [0.25, 0.3) is 0 Å². The first-order valence-corrected chi connectivity index (χ1v) is 7.20. The van der Waals surface area contributed by atoms with E-state index in [1.807, 2.05) is 0 Å². The minimum atomic E-state index is -3.39. The average molecular weight is 293 g/mol. The van der Waals surface area contributed by atoms with Gasteiger partial charge in [-0.2, -0.15) is 4.31 Å². The van der Waals surface area contributed by atoms with Crippen molar-refractivity contribution in [3.8, 4) is 0 Å². The molecule has 102 valence electrons. The number of halogens is 1. The molecule has 0 saturated carbocycles. The first-order valence-electron chi connectivity index (χ1n) is 5.76. The maximum absolute atomic E-state index is 12.3. The van der Waals surface area contributed by atoms with Crippen molar-refractivity contribution in [2.45, 2.75) is 5.03 Å². The van der Waals surface area contributed by atoms with Crippen molar-refractivity contribution < 1.29 is 8.42 Å². The number of nitrogens with one attached hydrogen (secondary N) is 1. The Balaban J connectivity index is 0.00000120. The number of aryl methyl sites for hydroxylation is 1. The van der Waals surface area contributed by atoms with Gasteiger partial charge in [-0.15, -0.1) is 12.4 Å². The second-order valence-electron chi connectivity index (χ2n) is 4.88. The smallest absolute Gasteiger partial charge is 0.262 e. The Kier molecular flexibility index (Phi) is 3.68. The van der Waals surface area contributed by atoms with E-state index in [4.69, 9.17) is 0 Å². The molecule has 3 rings (SSSR count). The van der Waals surface area contributed by atoms with Gasteiger partial charge in [-0.1, -0.05) is 0 Å². The first kappa shape index (κ1) is 13.8. The fourth-order valence-electron chi connectivity index (χ4n) is 2.66. The van der Waals surface area contributed by atoms with Gasteiger partial charge in [0.25, 0.3) is 10.0 Å². The zero-order valence-corrected chi connectivity index (χ0v) is 11.7. The lowest BCUT2D eigenvalue weighted by Crippen LogP contribution is -2.32. The van der Waals surface area contributed by atoms with Gasteiger partial charge in [0.2, 0.25) is 0 Å². The molecule has 0 bridgehead atoms.